The van der Waals surface area contributed by atoms with Crippen molar-refractivity contribution in [1.29, 1.82) is 0 Å². The summed E-state index contributed by atoms with van der Waals surface area (Å²) in [7, 11) is 1.91. The van der Waals surface area contributed by atoms with Crippen molar-refractivity contribution in [3.05, 3.63) is 12.2 Å². The highest BCUT2D eigenvalue weighted by atomic mass is 16.1. The third-order valence-electron chi connectivity index (χ3n) is 2.88. The Morgan fingerprint density at radius 2 is 2.41 bits per heavy atom. The minimum absolute atomic E-state index is 0.108. The van der Waals surface area contributed by atoms with E-state index >= 15 is 0 Å². The van der Waals surface area contributed by atoms with Crippen LogP contribution in [0.3, 0.4) is 0 Å². The Bertz CT molecular complexity index is 385. The number of nitrogens with one attached hydrogen (secondary N) is 2. The van der Waals surface area contributed by atoms with Crippen LogP contribution >= 0.6 is 0 Å². The maximum Gasteiger partial charge on any atom is 0.221 e. The number of hydrogen-bond acceptors (Lipinski definition) is 4. The first-order chi connectivity index (χ1) is 8.16. The van der Waals surface area contributed by atoms with Gasteiger partial charge in [-0.2, -0.15) is 0 Å². The molecule has 2 N–H and O–H groups in total. The number of amides is 1. The zero-order valence-corrected chi connectivity index (χ0v) is 10.3. The molecule has 6 heteroatoms. The normalized spacial score (nSPS) is 16.8. The van der Waals surface area contributed by atoms with Gasteiger partial charge in [0.15, 0.2) is 0 Å². The first-order valence-corrected chi connectivity index (χ1v) is 6.03. The molecule has 1 heterocycles. The van der Waals surface area contributed by atoms with Crippen LogP contribution in [0.5, 0.6) is 0 Å². The lowest BCUT2D eigenvalue weighted by molar-refractivity contribution is -0.121. The molecule has 0 saturated heterocycles. The number of carbonyl (C=O) groups is 1. The van der Waals surface area contributed by atoms with Gasteiger partial charge in [-0.15, -0.1) is 10.2 Å². The van der Waals surface area contributed by atoms with E-state index in [0.29, 0.717) is 19.0 Å². The lowest BCUT2D eigenvalue weighted by Crippen LogP contribution is -2.30. The summed E-state index contributed by atoms with van der Waals surface area (Å²) in [5.41, 5.74) is 0. The largest absolute Gasteiger partial charge is 0.353 e. The Morgan fingerprint density at radius 1 is 1.65 bits per heavy atom. The number of hydrogen-bond donors (Lipinski definition) is 2. The number of rotatable bonds is 6. The van der Waals surface area contributed by atoms with Gasteiger partial charge in [0.25, 0.3) is 0 Å². The summed E-state index contributed by atoms with van der Waals surface area (Å²) in [5.74, 6) is 1.01. The van der Waals surface area contributed by atoms with Gasteiger partial charge in [-0.05, 0) is 19.8 Å². The summed E-state index contributed by atoms with van der Waals surface area (Å²) in [6, 6.07) is 0.551. The summed E-state index contributed by atoms with van der Waals surface area (Å²) in [6.45, 7) is 2.68. The van der Waals surface area contributed by atoms with Gasteiger partial charge >= 0.3 is 0 Å². The molecule has 0 aliphatic heterocycles. The molecule has 0 radical (unpaired) electrons. The predicted octanol–water partition coefficient (Wildman–Crippen LogP) is 0.134. The standard InChI is InChI=1S/C11H19N5O/c1-8(11-15-13-7-16(11)2)12-6-5-10(17)14-9-3-4-9/h7-9,12H,3-6H2,1-2H3,(H,14,17). The molecule has 1 aliphatic rings. The average molecular weight is 237 g/mol. The van der Waals surface area contributed by atoms with Crippen molar-refractivity contribution in [2.45, 2.75) is 38.3 Å². The van der Waals surface area contributed by atoms with E-state index in [4.69, 9.17) is 0 Å². The predicted molar refractivity (Wildman–Crippen MR) is 63.2 cm³/mol. The summed E-state index contributed by atoms with van der Waals surface area (Å²) in [6.07, 6.45) is 4.45. The molecule has 1 aromatic heterocycles. The minimum atomic E-state index is 0.108. The van der Waals surface area contributed by atoms with E-state index in [9.17, 15) is 4.79 Å². The molecule has 1 unspecified atom stereocenters. The van der Waals surface area contributed by atoms with E-state index in [1.807, 2.05) is 18.5 Å². The monoisotopic (exact) mass is 237 g/mol. The second-order valence-electron chi connectivity index (χ2n) is 4.57. The molecule has 1 aliphatic carbocycles. The van der Waals surface area contributed by atoms with E-state index in [-0.39, 0.29) is 11.9 Å². The van der Waals surface area contributed by atoms with Gasteiger partial charge < -0.3 is 15.2 Å². The molecular formula is C11H19N5O. The smallest absolute Gasteiger partial charge is 0.221 e. The van der Waals surface area contributed by atoms with Crippen molar-refractivity contribution < 1.29 is 4.79 Å². The first-order valence-electron chi connectivity index (χ1n) is 6.03. The fourth-order valence-corrected chi connectivity index (χ4v) is 1.71. The van der Waals surface area contributed by atoms with Gasteiger partial charge in [-0.25, -0.2) is 0 Å². The second kappa shape index (κ2) is 5.27. The molecule has 1 fully saturated rings. The zero-order valence-electron chi connectivity index (χ0n) is 10.3. The van der Waals surface area contributed by atoms with Gasteiger partial charge in [0.2, 0.25) is 5.91 Å². The third-order valence-corrected chi connectivity index (χ3v) is 2.88. The van der Waals surface area contributed by atoms with E-state index in [1.54, 1.807) is 6.33 Å². The quantitative estimate of drug-likeness (QED) is 0.738. The van der Waals surface area contributed by atoms with Crippen LogP contribution in [0, 0.1) is 0 Å². The molecule has 0 spiro atoms. The first kappa shape index (κ1) is 12.0. The molecule has 17 heavy (non-hydrogen) atoms. The Labute approximate surface area is 101 Å². The topological polar surface area (TPSA) is 71.8 Å². The lowest BCUT2D eigenvalue weighted by atomic mass is 10.3. The summed E-state index contributed by atoms with van der Waals surface area (Å²) >= 11 is 0. The SMILES string of the molecule is CC(NCCC(=O)NC1CC1)c1nncn1C. The van der Waals surface area contributed by atoms with Gasteiger partial charge in [0.05, 0.1) is 6.04 Å². The third kappa shape index (κ3) is 3.52. The van der Waals surface area contributed by atoms with Crippen molar-refractivity contribution in [2.75, 3.05) is 6.54 Å². The van der Waals surface area contributed by atoms with Gasteiger partial charge in [-0.1, -0.05) is 0 Å². The minimum Gasteiger partial charge on any atom is -0.353 e. The molecule has 0 bridgehead atoms. The Balaban J connectivity index is 1.67. The maximum absolute atomic E-state index is 11.4. The Hall–Kier alpha value is -1.43. The van der Waals surface area contributed by atoms with Gasteiger partial charge in [-0.3, -0.25) is 4.79 Å². The van der Waals surface area contributed by atoms with Gasteiger partial charge in [0, 0.05) is 26.1 Å². The number of aryl methyl sites for hydroxylation is 1. The van der Waals surface area contributed by atoms with Crippen LogP contribution in [0.4, 0.5) is 0 Å². The fourth-order valence-electron chi connectivity index (χ4n) is 1.71. The molecule has 1 amide bonds. The van der Waals surface area contributed by atoms with Crippen molar-refractivity contribution in [3.63, 3.8) is 0 Å². The number of carbonyl (C=O) groups excluding carboxylic acids is 1. The molecule has 1 saturated carbocycles. The second-order valence-corrected chi connectivity index (χ2v) is 4.57. The molecule has 94 valence electrons. The number of nitrogens with zero attached hydrogens (tertiary/aromatic N) is 3. The maximum atomic E-state index is 11.4. The van der Waals surface area contributed by atoms with Crippen molar-refractivity contribution in [3.8, 4) is 0 Å². The summed E-state index contributed by atoms with van der Waals surface area (Å²) in [4.78, 5) is 11.4. The van der Waals surface area contributed by atoms with E-state index in [1.165, 1.54) is 0 Å². The summed E-state index contributed by atoms with van der Waals surface area (Å²) < 4.78 is 1.88. The van der Waals surface area contributed by atoms with E-state index in [2.05, 4.69) is 20.8 Å². The van der Waals surface area contributed by atoms with Crippen molar-refractivity contribution in [1.82, 2.24) is 25.4 Å². The molecule has 1 atom stereocenters. The van der Waals surface area contributed by atoms with Crippen LogP contribution in [0.2, 0.25) is 0 Å². The van der Waals surface area contributed by atoms with Crippen LogP contribution in [0.1, 0.15) is 38.1 Å². The highest BCUT2D eigenvalue weighted by molar-refractivity contribution is 5.76. The Morgan fingerprint density at radius 3 is 3.00 bits per heavy atom. The number of aromatic nitrogens is 3. The lowest BCUT2D eigenvalue weighted by Gasteiger charge is -2.12. The highest BCUT2D eigenvalue weighted by Gasteiger charge is 2.22. The molecular weight excluding hydrogens is 218 g/mol. The Kier molecular flexibility index (Phi) is 3.73. The van der Waals surface area contributed by atoms with Crippen LogP contribution in [-0.2, 0) is 11.8 Å². The van der Waals surface area contributed by atoms with Crippen LogP contribution in [0.15, 0.2) is 6.33 Å². The molecule has 6 nitrogen and oxygen atoms in total. The highest BCUT2D eigenvalue weighted by Crippen LogP contribution is 2.18. The van der Waals surface area contributed by atoms with E-state index < -0.39 is 0 Å². The van der Waals surface area contributed by atoms with Gasteiger partial charge in [0.1, 0.15) is 12.2 Å². The van der Waals surface area contributed by atoms with E-state index in [0.717, 1.165) is 18.7 Å². The van der Waals surface area contributed by atoms with Crippen molar-refractivity contribution in [2.24, 2.45) is 7.05 Å². The molecule has 1 aromatic rings. The summed E-state index contributed by atoms with van der Waals surface area (Å²) in [5, 5.41) is 14.1. The molecule has 2 rings (SSSR count). The van der Waals surface area contributed by atoms with Crippen molar-refractivity contribution >= 4 is 5.91 Å². The van der Waals surface area contributed by atoms with Crippen LogP contribution < -0.4 is 10.6 Å². The molecule has 0 aromatic carbocycles. The van der Waals surface area contributed by atoms with Crippen LogP contribution in [-0.4, -0.2) is 33.3 Å². The average Bonchev–Trinajstić information content (AvgIpc) is 2.98. The zero-order chi connectivity index (χ0) is 12.3. The fraction of sp³-hybridized carbons (Fsp3) is 0.727. The van der Waals surface area contributed by atoms with Crippen LogP contribution in [0.25, 0.3) is 0 Å².